The van der Waals surface area contributed by atoms with Crippen LogP contribution in [-0.4, -0.2) is 9.97 Å². The van der Waals surface area contributed by atoms with Crippen molar-refractivity contribution >= 4 is 23.1 Å². The largest absolute Gasteiger partial charge is 0.416 e. The molecule has 0 radical (unpaired) electrons. The van der Waals surface area contributed by atoms with Gasteiger partial charge in [-0.1, -0.05) is 11.6 Å². The van der Waals surface area contributed by atoms with Crippen LogP contribution in [0.4, 0.5) is 24.7 Å². The maximum absolute atomic E-state index is 12.3. The van der Waals surface area contributed by atoms with Crippen LogP contribution in [0.3, 0.4) is 0 Å². The Kier molecular flexibility index (Phi) is 3.38. The normalized spacial score (nSPS) is 11.3. The lowest BCUT2D eigenvalue weighted by molar-refractivity contribution is -0.137. The molecule has 0 aliphatic rings. The zero-order valence-electron chi connectivity index (χ0n) is 8.87. The number of benzene rings is 1. The predicted molar refractivity (Wildman–Crippen MR) is 61.8 cm³/mol. The van der Waals surface area contributed by atoms with Crippen molar-refractivity contribution < 1.29 is 13.2 Å². The van der Waals surface area contributed by atoms with Crippen LogP contribution in [0, 0.1) is 0 Å². The molecule has 0 bridgehead atoms. The van der Waals surface area contributed by atoms with Gasteiger partial charge in [-0.25, -0.2) is 4.98 Å². The summed E-state index contributed by atoms with van der Waals surface area (Å²) in [5.74, 6) is 0.363. The molecule has 0 unspecified atom stereocenters. The van der Waals surface area contributed by atoms with Gasteiger partial charge in [-0.3, -0.25) is 4.98 Å². The number of nitrogens with one attached hydrogen (secondary N) is 1. The Balaban J connectivity index is 2.16. The highest BCUT2D eigenvalue weighted by Crippen LogP contribution is 2.30. The Morgan fingerprint density at radius 2 is 1.72 bits per heavy atom. The first-order chi connectivity index (χ1) is 8.45. The van der Waals surface area contributed by atoms with Crippen molar-refractivity contribution in [3.63, 3.8) is 0 Å². The van der Waals surface area contributed by atoms with Gasteiger partial charge >= 0.3 is 6.18 Å². The summed E-state index contributed by atoms with van der Waals surface area (Å²) >= 11 is 5.63. The summed E-state index contributed by atoms with van der Waals surface area (Å²) in [4.78, 5) is 7.71. The highest BCUT2D eigenvalue weighted by atomic mass is 35.5. The maximum atomic E-state index is 12.3. The fraction of sp³-hybridized carbons (Fsp3) is 0.0909. The van der Waals surface area contributed by atoms with Gasteiger partial charge in [0.15, 0.2) is 5.82 Å². The SMILES string of the molecule is FC(F)(F)c1ccc(Nc2cncc(Cl)n2)cc1. The lowest BCUT2D eigenvalue weighted by Crippen LogP contribution is -2.04. The molecule has 0 saturated heterocycles. The van der Waals surface area contributed by atoms with Gasteiger partial charge in [0, 0.05) is 5.69 Å². The minimum absolute atomic E-state index is 0.201. The topological polar surface area (TPSA) is 37.8 Å². The summed E-state index contributed by atoms with van der Waals surface area (Å²) in [5.41, 5.74) is -0.232. The van der Waals surface area contributed by atoms with E-state index in [4.69, 9.17) is 11.6 Å². The molecule has 3 nitrogen and oxygen atoms in total. The van der Waals surface area contributed by atoms with Crippen molar-refractivity contribution in [2.45, 2.75) is 6.18 Å². The molecule has 0 aliphatic heterocycles. The van der Waals surface area contributed by atoms with Gasteiger partial charge in [0.1, 0.15) is 5.15 Å². The van der Waals surface area contributed by atoms with Gasteiger partial charge in [0.05, 0.1) is 18.0 Å². The third-order valence-corrected chi connectivity index (χ3v) is 2.27. The lowest BCUT2D eigenvalue weighted by Gasteiger charge is -2.08. The van der Waals surface area contributed by atoms with Crippen LogP contribution in [0.5, 0.6) is 0 Å². The van der Waals surface area contributed by atoms with E-state index in [0.29, 0.717) is 11.5 Å². The van der Waals surface area contributed by atoms with Crippen molar-refractivity contribution in [3.05, 3.63) is 47.4 Å². The van der Waals surface area contributed by atoms with Crippen LogP contribution >= 0.6 is 11.6 Å². The molecule has 0 amide bonds. The second-order valence-corrected chi connectivity index (χ2v) is 3.81. The molecule has 94 valence electrons. The molecule has 1 N–H and O–H groups in total. The van der Waals surface area contributed by atoms with Crippen molar-refractivity contribution in [3.8, 4) is 0 Å². The fourth-order valence-electron chi connectivity index (χ4n) is 1.29. The minimum atomic E-state index is -4.34. The predicted octanol–water partition coefficient (Wildman–Crippen LogP) is 3.89. The van der Waals surface area contributed by atoms with Crippen LogP contribution in [-0.2, 0) is 6.18 Å². The van der Waals surface area contributed by atoms with Gasteiger partial charge in [-0.2, -0.15) is 13.2 Å². The molecule has 18 heavy (non-hydrogen) atoms. The number of alkyl halides is 3. The minimum Gasteiger partial charge on any atom is -0.339 e. The number of hydrogen-bond acceptors (Lipinski definition) is 3. The monoisotopic (exact) mass is 273 g/mol. The molecule has 0 atom stereocenters. The molecule has 0 spiro atoms. The number of halogens is 4. The summed E-state index contributed by atoms with van der Waals surface area (Å²) in [6.07, 6.45) is -1.56. The Hall–Kier alpha value is -1.82. The Labute approximate surface area is 106 Å². The smallest absolute Gasteiger partial charge is 0.339 e. The summed E-state index contributed by atoms with van der Waals surface area (Å²) in [6, 6.07) is 4.59. The average molecular weight is 274 g/mol. The summed E-state index contributed by atoms with van der Waals surface area (Å²) in [6.45, 7) is 0. The second-order valence-electron chi connectivity index (χ2n) is 3.43. The highest BCUT2D eigenvalue weighted by molar-refractivity contribution is 6.29. The van der Waals surface area contributed by atoms with Gasteiger partial charge in [0.2, 0.25) is 0 Å². The number of aromatic nitrogens is 2. The maximum Gasteiger partial charge on any atom is 0.416 e. The number of hydrogen-bond donors (Lipinski definition) is 1. The molecule has 0 aliphatic carbocycles. The zero-order chi connectivity index (χ0) is 13.2. The van der Waals surface area contributed by atoms with Crippen LogP contribution < -0.4 is 5.32 Å². The van der Waals surface area contributed by atoms with E-state index < -0.39 is 11.7 Å². The number of nitrogens with zero attached hydrogens (tertiary/aromatic N) is 2. The molecule has 1 aromatic heterocycles. The molecule has 0 saturated carbocycles. The lowest BCUT2D eigenvalue weighted by atomic mass is 10.2. The van der Waals surface area contributed by atoms with Gasteiger partial charge < -0.3 is 5.32 Å². The van der Waals surface area contributed by atoms with Crippen molar-refractivity contribution in [2.24, 2.45) is 0 Å². The number of rotatable bonds is 2. The van der Waals surface area contributed by atoms with E-state index >= 15 is 0 Å². The van der Waals surface area contributed by atoms with Crippen LogP contribution in [0.25, 0.3) is 0 Å². The quantitative estimate of drug-likeness (QED) is 0.902. The summed E-state index contributed by atoms with van der Waals surface area (Å²) in [7, 11) is 0. The van der Waals surface area contributed by atoms with Crippen molar-refractivity contribution in [1.82, 2.24) is 9.97 Å². The van der Waals surface area contributed by atoms with Gasteiger partial charge in [0.25, 0.3) is 0 Å². The van der Waals surface area contributed by atoms with Gasteiger partial charge in [-0.15, -0.1) is 0 Å². The molecule has 0 fully saturated rings. The van der Waals surface area contributed by atoms with Crippen molar-refractivity contribution in [1.29, 1.82) is 0 Å². The molecular weight excluding hydrogens is 267 g/mol. The zero-order valence-corrected chi connectivity index (χ0v) is 9.63. The second kappa shape index (κ2) is 4.81. The third-order valence-electron chi connectivity index (χ3n) is 2.09. The molecule has 1 heterocycles. The summed E-state index contributed by atoms with van der Waals surface area (Å²) < 4.78 is 37.0. The van der Waals surface area contributed by atoms with Crippen LogP contribution in [0.2, 0.25) is 5.15 Å². The highest BCUT2D eigenvalue weighted by Gasteiger charge is 2.29. The van der Waals surface area contributed by atoms with E-state index in [2.05, 4.69) is 15.3 Å². The van der Waals surface area contributed by atoms with E-state index in [0.717, 1.165) is 12.1 Å². The molecule has 2 rings (SSSR count). The first-order valence-corrected chi connectivity index (χ1v) is 5.25. The Morgan fingerprint density at radius 3 is 2.28 bits per heavy atom. The molecule has 2 aromatic rings. The van der Waals surface area contributed by atoms with E-state index in [1.54, 1.807) is 0 Å². The molecule has 1 aromatic carbocycles. The molecular formula is C11H7ClF3N3. The van der Waals surface area contributed by atoms with Crippen LogP contribution in [0.15, 0.2) is 36.7 Å². The summed E-state index contributed by atoms with van der Waals surface area (Å²) in [5, 5.41) is 3.00. The first-order valence-electron chi connectivity index (χ1n) is 4.87. The van der Waals surface area contributed by atoms with Gasteiger partial charge in [-0.05, 0) is 24.3 Å². The Bertz CT molecular complexity index is 540. The standard InChI is InChI=1S/C11H7ClF3N3/c12-9-5-16-6-10(18-9)17-8-3-1-7(2-4-8)11(13,14)15/h1-6H,(H,17,18). The van der Waals surface area contributed by atoms with Crippen LogP contribution in [0.1, 0.15) is 5.56 Å². The van der Waals surface area contributed by atoms with E-state index in [9.17, 15) is 13.2 Å². The third kappa shape index (κ3) is 3.10. The average Bonchev–Trinajstić information content (AvgIpc) is 2.28. The van der Waals surface area contributed by atoms with E-state index in [1.165, 1.54) is 24.5 Å². The van der Waals surface area contributed by atoms with E-state index in [-0.39, 0.29) is 5.15 Å². The van der Waals surface area contributed by atoms with Crippen molar-refractivity contribution in [2.75, 3.05) is 5.32 Å². The molecule has 7 heteroatoms. The van der Waals surface area contributed by atoms with E-state index in [1.807, 2.05) is 0 Å². The fourth-order valence-corrected chi connectivity index (χ4v) is 1.44. The Morgan fingerprint density at radius 1 is 1.06 bits per heavy atom. The number of anilines is 2. The first kappa shape index (κ1) is 12.6.